The first kappa shape index (κ1) is 28.4. The number of phenolic OH excluding ortho intramolecular Hbond substituents is 1. The molecule has 5 atom stereocenters. The van der Waals surface area contributed by atoms with E-state index in [1.54, 1.807) is 13.8 Å². The summed E-state index contributed by atoms with van der Waals surface area (Å²) < 4.78 is 0. The van der Waals surface area contributed by atoms with Crippen LogP contribution in [0.5, 0.6) is 5.75 Å². The smallest absolute Gasteiger partial charge is 0.326 e. The normalized spacial score (nSPS) is 15.2. The van der Waals surface area contributed by atoms with Crippen molar-refractivity contribution in [2.24, 2.45) is 11.7 Å². The number of nitrogens with two attached hydrogens (primary N) is 1. The number of benzene rings is 1. The molecule has 5 unspecified atom stereocenters. The average molecular weight is 481 g/mol. The lowest BCUT2D eigenvalue weighted by Crippen LogP contribution is -2.58. The van der Waals surface area contributed by atoms with E-state index in [1.165, 1.54) is 31.2 Å². The Balaban J connectivity index is 3.03. The van der Waals surface area contributed by atoms with Gasteiger partial charge in [-0.05, 0) is 30.5 Å². The van der Waals surface area contributed by atoms with Gasteiger partial charge in [-0.1, -0.05) is 32.4 Å². The van der Waals surface area contributed by atoms with Gasteiger partial charge in [-0.3, -0.25) is 19.2 Å². The molecule has 12 heteroatoms. The SMILES string of the molecule is CCC(C)C(NC(=O)C(C)N)C(=O)NC(CC(=O)O)C(=O)NC(Cc1ccc(O)cc1)C(=O)O. The van der Waals surface area contributed by atoms with Gasteiger partial charge in [-0.25, -0.2) is 4.79 Å². The summed E-state index contributed by atoms with van der Waals surface area (Å²) in [5.74, 6) is -5.56. The van der Waals surface area contributed by atoms with Crippen LogP contribution in [0.1, 0.15) is 39.2 Å². The number of carbonyl (C=O) groups is 5. The van der Waals surface area contributed by atoms with E-state index in [0.717, 1.165) is 0 Å². The van der Waals surface area contributed by atoms with Gasteiger partial charge in [0.05, 0.1) is 12.5 Å². The highest BCUT2D eigenvalue weighted by Gasteiger charge is 2.33. The molecule has 3 amide bonds. The molecule has 0 bridgehead atoms. The first-order chi connectivity index (χ1) is 15.8. The molecule has 12 nitrogen and oxygen atoms in total. The van der Waals surface area contributed by atoms with Crippen LogP contribution in [0.2, 0.25) is 0 Å². The summed E-state index contributed by atoms with van der Waals surface area (Å²) in [6.45, 7) is 4.91. The molecule has 0 aliphatic carbocycles. The molecule has 0 aromatic heterocycles. The van der Waals surface area contributed by atoms with Gasteiger partial charge in [0.15, 0.2) is 0 Å². The highest BCUT2D eigenvalue weighted by molar-refractivity contribution is 5.95. The molecule has 188 valence electrons. The van der Waals surface area contributed by atoms with Crippen molar-refractivity contribution in [1.82, 2.24) is 16.0 Å². The van der Waals surface area contributed by atoms with Gasteiger partial charge in [0.25, 0.3) is 0 Å². The summed E-state index contributed by atoms with van der Waals surface area (Å²) in [4.78, 5) is 60.6. The number of nitrogens with one attached hydrogen (secondary N) is 3. The van der Waals surface area contributed by atoms with Crippen molar-refractivity contribution in [3.05, 3.63) is 29.8 Å². The van der Waals surface area contributed by atoms with Crippen LogP contribution >= 0.6 is 0 Å². The Labute approximate surface area is 196 Å². The van der Waals surface area contributed by atoms with Crippen LogP contribution in [-0.2, 0) is 30.4 Å². The molecule has 1 aromatic carbocycles. The van der Waals surface area contributed by atoms with Crippen LogP contribution in [0.3, 0.4) is 0 Å². The molecule has 0 aliphatic rings. The van der Waals surface area contributed by atoms with Gasteiger partial charge in [0, 0.05) is 6.42 Å². The predicted molar refractivity (Wildman–Crippen MR) is 121 cm³/mol. The molecule has 0 heterocycles. The first-order valence-electron chi connectivity index (χ1n) is 10.7. The van der Waals surface area contributed by atoms with Crippen LogP contribution in [0.15, 0.2) is 24.3 Å². The summed E-state index contributed by atoms with van der Waals surface area (Å²) >= 11 is 0. The van der Waals surface area contributed by atoms with E-state index in [0.29, 0.717) is 12.0 Å². The highest BCUT2D eigenvalue weighted by Crippen LogP contribution is 2.12. The van der Waals surface area contributed by atoms with Gasteiger partial charge < -0.3 is 37.0 Å². The fraction of sp³-hybridized carbons (Fsp3) is 0.500. The number of amides is 3. The van der Waals surface area contributed by atoms with Gasteiger partial charge in [-0.2, -0.15) is 0 Å². The Morgan fingerprint density at radius 1 is 0.882 bits per heavy atom. The Bertz CT molecular complexity index is 887. The Hall–Kier alpha value is -3.67. The fourth-order valence-corrected chi connectivity index (χ4v) is 2.97. The number of carboxylic acid groups (broad SMARTS) is 2. The maximum absolute atomic E-state index is 12.9. The van der Waals surface area contributed by atoms with Crippen molar-refractivity contribution < 1.29 is 39.3 Å². The highest BCUT2D eigenvalue weighted by atomic mass is 16.4. The third-order valence-electron chi connectivity index (χ3n) is 5.21. The molecular formula is C22H32N4O8. The van der Waals surface area contributed by atoms with E-state index < -0.39 is 60.2 Å². The molecule has 1 aromatic rings. The van der Waals surface area contributed by atoms with Crippen molar-refractivity contribution in [1.29, 1.82) is 0 Å². The van der Waals surface area contributed by atoms with E-state index in [9.17, 15) is 39.3 Å². The summed E-state index contributed by atoms with van der Waals surface area (Å²) in [5.41, 5.74) is 6.04. The first-order valence-corrected chi connectivity index (χ1v) is 10.7. The standard InChI is InChI=1S/C22H32N4O8/c1-4-11(2)18(26-19(30)12(3)23)21(32)24-15(10-17(28)29)20(31)25-16(22(33)34)9-13-5-7-14(27)8-6-13/h5-8,11-12,15-16,18,27H,4,9-10,23H2,1-3H3,(H,24,32)(H,25,31)(H,26,30)(H,28,29)(H,33,34). The number of hydrogen-bond acceptors (Lipinski definition) is 7. The molecule has 0 saturated heterocycles. The average Bonchev–Trinajstić information content (AvgIpc) is 2.76. The number of carboxylic acids is 2. The Morgan fingerprint density at radius 2 is 1.44 bits per heavy atom. The molecule has 0 radical (unpaired) electrons. The topological polar surface area (TPSA) is 208 Å². The maximum Gasteiger partial charge on any atom is 0.326 e. The van der Waals surface area contributed by atoms with Crippen molar-refractivity contribution in [3.8, 4) is 5.75 Å². The minimum Gasteiger partial charge on any atom is -0.508 e. The van der Waals surface area contributed by atoms with Crippen LogP contribution in [0, 0.1) is 5.92 Å². The zero-order valence-corrected chi connectivity index (χ0v) is 19.3. The monoisotopic (exact) mass is 480 g/mol. The van der Waals surface area contributed by atoms with E-state index in [1.807, 2.05) is 0 Å². The number of aliphatic carboxylic acids is 2. The van der Waals surface area contributed by atoms with Gasteiger partial charge in [-0.15, -0.1) is 0 Å². The van der Waals surface area contributed by atoms with E-state index in [4.69, 9.17) is 5.73 Å². The number of hydrogen-bond donors (Lipinski definition) is 7. The predicted octanol–water partition coefficient (Wildman–Crippen LogP) is -0.658. The lowest BCUT2D eigenvalue weighted by molar-refractivity contribution is -0.143. The van der Waals surface area contributed by atoms with E-state index >= 15 is 0 Å². The summed E-state index contributed by atoms with van der Waals surface area (Å²) in [6.07, 6.45) is -0.465. The summed E-state index contributed by atoms with van der Waals surface area (Å²) in [7, 11) is 0. The van der Waals surface area contributed by atoms with Gasteiger partial charge >= 0.3 is 11.9 Å². The maximum atomic E-state index is 12.9. The number of aromatic hydroxyl groups is 1. The fourth-order valence-electron chi connectivity index (χ4n) is 2.97. The van der Waals surface area contributed by atoms with Crippen LogP contribution in [-0.4, -0.2) is 69.1 Å². The quantitative estimate of drug-likeness (QED) is 0.191. The molecule has 34 heavy (non-hydrogen) atoms. The van der Waals surface area contributed by atoms with Crippen LogP contribution in [0.25, 0.3) is 0 Å². The Morgan fingerprint density at radius 3 is 1.91 bits per heavy atom. The zero-order valence-electron chi connectivity index (χ0n) is 19.3. The number of rotatable bonds is 13. The third kappa shape index (κ3) is 9.06. The molecule has 0 saturated carbocycles. The number of phenols is 1. The molecular weight excluding hydrogens is 448 g/mol. The van der Waals surface area contributed by atoms with E-state index in [-0.39, 0.29) is 18.1 Å². The largest absolute Gasteiger partial charge is 0.508 e. The van der Waals surface area contributed by atoms with Crippen molar-refractivity contribution in [2.75, 3.05) is 0 Å². The summed E-state index contributed by atoms with van der Waals surface area (Å²) in [6, 6.07) is 0.675. The number of carbonyl (C=O) groups excluding carboxylic acids is 3. The van der Waals surface area contributed by atoms with Crippen LogP contribution in [0.4, 0.5) is 0 Å². The van der Waals surface area contributed by atoms with Crippen LogP contribution < -0.4 is 21.7 Å². The second-order valence-electron chi connectivity index (χ2n) is 8.09. The second kappa shape index (κ2) is 13.1. The lowest BCUT2D eigenvalue weighted by Gasteiger charge is -2.27. The summed E-state index contributed by atoms with van der Waals surface area (Å²) in [5, 5.41) is 35.1. The minimum atomic E-state index is -1.59. The van der Waals surface area contributed by atoms with Crippen molar-refractivity contribution in [3.63, 3.8) is 0 Å². The van der Waals surface area contributed by atoms with Crippen molar-refractivity contribution >= 4 is 29.7 Å². The molecule has 0 fully saturated rings. The third-order valence-corrected chi connectivity index (χ3v) is 5.21. The van der Waals surface area contributed by atoms with E-state index in [2.05, 4.69) is 16.0 Å². The Kier molecular flexibility index (Phi) is 11.0. The second-order valence-corrected chi connectivity index (χ2v) is 8.09. The van der Waals surface area contributed by atoms with Crippen molar-refractivity contribution in [2.45, 2.75) is 64.2 Å². The lowest BCUT2D eigenvalue weighted by atomic mass is 9.97. The molecule has 0 spiro atoms. The van der Waals surface area contributed by atoms with Gasteiger partial charge in [0.2, 0.25) is 17.7 Å². The molecule has 0 aliphatic heterocycles. The zero-order chi connectivity index (χ0) is 26.0. The molecule has 1 rings (SSSR count). The van der Waals surface area contributed by atoms with Gasteiger partial charge in [0.1, 0.15) is 23.9 Å². The molecule has 8 N–H and O–H groups in total. The minimum absolute atomic E-state index is 0.0177.